The molecule has 0 spiro atoms. The highest BCUT2D eigenvalue weighted by Crippen LogP contribution is 2.28. The van der Waals surface area contributed by atoms with Gasteiger partial charge in [0, 0.05) is 37.3 Å². The number of ether oxygens (including phenoxy) is 1. The maximum absolute atomic E-state index is 12.2. The molecule has 3 rings (SSSR count). The van der Waals surface area contributed by atoms with E-state index in [0.717, 1.165) is 5.56 Å². The summed E-state index contributed by atoms with van der Waals surface area (Å²) < 4.78 is 5.25. The van der Waals surface area contributed by atoms with Crippen LogP contribution in [0.2, 0.25) is 0 Å². The molecule has 7 heteroatoms. The first-order valence-corrected chi connectivity index (χ1v) is 7.87. The normalized spacial score (nSPS) is 12.6. The van der Waals surface area contributed by atoms with Gasteiger partial charge in [-0.3, -0.25) is 19.4 Å². The van der Waals surface area contributed by atoms with Crippen LogP contribution < -0.4 is 15.4 Å². The maximum Gasteiger partial charge on any atom is 0.262 e. The Morgan fingerprint density at radius 3 is 2.92 bits per heavy atom. The Hall–Kier alpha value is -3.22. The number of amides is 2. The summed E-state index contributed by atoms with van der Waals surface area (Å²) in [6.07, 6.45) is 3.52. The van der Waals surface area contributed by atoms with E-state index in [1.807, 2.05) is 6.07 Å². The van der Waals surface area contributed by atoms with Crippen LogP contribution in [-0.2, 0) is 16.1 Å². The second-order valence-electron chi connectivity index (χ2n) is 5.61. The molecule has 1 aliphatic heterocycles. The SMILES string of the molecule is O=C(CCC(=O)c1ccc2c(c1)NC(=O)CO2)NCc1cccnc1. The van der Waals surface area contributed by atoms with E-state index < -0.39 is 0 Å². The van der Waals surface area contributed by atoms with Gasteiger partial charge in [-0.15, -0.1) is 0 Å². The zero-order chi connectivity index (χ0) is 17.6. The largest absolute Gasteiger partial charge is 0.482 e. The Kier molecular flexibility index (Phi) is 5.03. The van der Waals surface area contributed by atoms with Crippen molar-refractivity contribution in [1.82, 2.24) is 10.3 Å². The highest BCUT2D eigenvalue weighted by Gasteiger charge is 2.18. The van der Waals surface area contributed by atoms with Crippen molar-refractivity contribution in [2.45, 2.75) is 19.4 Å². The average molecular weight is 339 g/mol. The summed E-state index contributed by atoms with van der Waals surface area (Å²) in [7, 11) is 0. The second kappa shape index (κ2) is 7.57. The van der Waals surface area contributed by atoms with Crippen LogP contribution in [0.25, 0.3) is 0 Å². The summed E-state index contributed by atoms with van der Waals surface area (Å²) in [6.45, 7) is 0.348. The van der Waals surface area contributed by atoms with Crippen LogP contribution in [0.15, 0.2) is 42.7 Å². The van der Waals surface area contributed by atoms with Crippen LogP contribution >= 0.6 is 0 Å². The summed E-state index contributed by atoms with van der Waals surface area (Å²) in [6, 6.07) is 8.50. The molecule has 0 atom stereocenters. The summed E-state index contributed by atoms with van der Waals surface area (Å²) in [5, 5.41) is 5.41. The fourth-order valence-electron chi connectivity index (χ4n) is 2.42. The van der Waals surface area contributed by atoms with Gasteiger partial charge in [-0.05, 0) is 29.8 Å². The fraction of sp³-hybridized carbons (Fsp3) is 0.222. The van der Waals surface area contributed by atoms with Crippen molar-refractivity contribution in [2.75, 3.05) is 11.9 Å². The van der Waals surface area contributed by atoms with Gasteiger partial charge in [-0.25, -0.2) is 0 Å². The molecule has 2 N–H and O–H groups in total. The van der Waals surface area contributed by atoms with E-state index in [-0.39, 0.29) is 37.0 Å². The van der Waals surface area contributed by atoms with E-state index in [1.165, 1.54) is 0 Å². The Bertz CT molecular complexity index is 805. The average Bonchev–Trinajstić information content (AvgIpc) is 2.64. The number of carbonyl (C=O) groups is 3. The van der Waals surface area contributed by atoms with E-state index >= 15 is 0 Å². The van der Waals surface area contributed by atoms with Crippen molar-refractivity contribution in [2.24, 2.45) is 0 Å². The number of ketones is 1. The van der Waals surface area contributed by atoms with Gasteiger partial charge in [0.15, 0.2) is 12.4 Å². The highest BCUT2D eigenvalue weighted by molar-refractivity contribution is 6.01. The van der Waals surface area contributed by atoms with Gasteiger partial charge < -0.3 is 15.4 Å². The minimum atomic E-state index is -0.258. The van der Waals surface area contributed by atoms with Gasteiger partial charge in [0.2, 0.25) is 5.91 Å². The molecule has 1 aromatic heterocycles. The van der Waals surface area contributed by atoms with Gasteiger partial charge in [0.05, 0.1) is 5.69 Å². The molecule has 128 valence electrons. The minimum Gasteiger partial charge on any atom is -0.482 e. The molecule has 0 aliphatic carbocycles. The van der Waals surface area contributed by atoms with Crippen LogP contribution in [0.1, 0.15) is 28.8 Å². The van der Waals surface area contributed by atoms with Gasteiger partial charge in [0.25, 0.3) is 5.91 Å². The van der Waals surface area contributed by atoms with Crippen molar-refractivity contribution in [1.29, 1.82) is 0 Å². The molecule has 0 radical (unpaired) electrons. The number of Topliss-reactive ketones (excluding diaryl/α,β-unsaturated/α-hetero) is 1. The number of hydrogen-bond acceptors (Lipinski definition) is 5. The van der Waals surface area contributed by atoms with Crippen LogP contribution in [0.4, 0.5) is 5.69 Å². The number of fused-ring (bicyclic) bond motifs is 1. The summed E-state index contributed by atoms with van der Waals surface area (Å²) >= 11 is 0. The number of pyridine rings is 1. The lowest BCUT2D eigenvalue weighted by Crippen LogP contribution is -2.25. The van der Waals surface area contributed by atoms with Gasteiger partial charge in [0.1, 0.15) is 5.75 Å². The van der Waals surface area contributed by atoms with E-state index in [1.54, 1.807) is 36.7 Å². The predicted molar refractivity (Wildman–Crippen MR) is 90.2 cm³/mol. The van der Waals surface area contributed by atoms with Gasteiger partial charge in [-0.1, -0.05) is 6.07 Å². The number of carbonyl (C=O) groups excluding carboxylic acids is 3. The molecule has 7 nitrogen and oxygen atoms in total. The molecule has 0 fully saturated rings. The van der Waals surface area contributed by atoms with Crippen LogP contribution in [-0.4, -0.2) is 29.2 Å². The zero-order valence-electron chi connectivity index (χ0n) is 13.5. The number of rotatable bonds is 6. The lowest BCUT2D eigenvalue weighted by Gasteiger charge is -2.18. The maximum atomic E-state index is 12.2. The number of anilines is 1. The summed E-state index contributed by atoms with van der Waals surface area (Å²) in [5.41, 5.74) is 1.81. The van der Waals surface area contributed by atoms with E-state index in [2.05, 4.69) is 15.6 Å². The molecule has 2 aromatic rings. The van der Waals surface area contributed by atoms with Crippen LogP contribution in [0, 0.1) is 0 Å². The van der Waals surface area contributed by atoms with E-state index in [0.29, 0.717) is 23.5 Å². The topological polar surface area (TPSA) is 97.4 Å². The van der Waals surface area contributed by atoms with Crippen molar-refractivity contribution < 1.29 is 19.1 Å². The quantitative estimate of drug-likeness (QED) is 0.781. The lowest BCUT2D eigenvalue weighted by atomic mass is 10.0. The number of nitrogens with zero attached hydrogens (tertiary/aromatic N) is 1. The third-order valence-corrected chi connectivity index (χ3v) is 3.73. The molecular weight excluding hydrogens is 322 g/mol. The van der Waals surface area contributed by atoms with Crippen molar-refractivity contribution in [3.8, 4) is 5.75 Å². The summed E-state index contributed by atoms with van der Waals surface area (Å²) in [5.74, 6) is -0.0943. The third kappa shape index (κ3) is 4.41. The minimum absolute atomic E-state index is 0.0304. The second-order valence-corrected chi connectivity index (χ2v) is 5.61. The Morgan fingerprint density at radius 1 is 1.24 bits per heavy atom. The van der Waals surface area contributed by atoms with Crippen LogP contribution in [0.3, 0.4) is 0 Å². The highest BCUT2D eigenvalue weighted by atomic mass is 16.5. The van der Waals surface area contributed by atoms with E-state index in [4.69, 9.17) is 4.74 Å². The number of aromatic nitrogens is 1. The molecule has 0 bridgehead atoms. The Labute approximate surface area is 144 Å². The van der Waals surface area contributed by atoms with Crippen LogP contribution in [0.5, 0.6) is 5.75 Å². The fourth-order valence-corrected chi connectivity index (χ4v) is 2.42. The Morgan fingerprint density at radius 2 is 2.12 bits per heavy atom. The first-order valence-electron chi connectivity index (χ1n) is 7.87. The zero-order valence-corrected chi connectivity index (χ0v) is 13.5. The molecule has 1 aliphatic rings. The molecule has 1 aromatic carbocycles. The Balaban J connectivity index is 1.51. The molecular formula is C18H17N3O4. The molecule has 2 amide bonds. The summed E-state index contributed by atoms with van der Waals surface area (Å²) in [4.78, 5) is 39.4. The van der Waals surface area contributed by atoms with Crippen molar-refractivity contribution in [3.63, 3.8) is 0 Å². The van der Waals surface area contributed by atoms with Crippen molar-refractivity contribution in [3.05, 3.63) is 53.9 Å². The van der Waals surface area contributed by atoms with Gasteiger partial charge >= 0.3 is 0 Å². The first kappa shape index (κ1) is 16.6. The molecule has 0 saturated carbocycles. The molecule has 0 unspecified atom stereocenters. The number of benzene rings is 1. The third-order valence-electron chi connectivity index (χ3n) is 3.73. The molecule has 0 saturated heterocycles. The standard InChI is InChI=1S/C18H17N3O4/c22-15(4-6-17(23)20-10-12-2-1-7-19-9-12)13-3-5-16-14(8-13)21-18(24)11-25-16/h1-3,5,7-9H,4,6,10-11H2,(H,20,23)(H,21,24). The number of nitrogens with one attached hydrogen (secondary N) is 2. The van der Waals surface area contributed by atoms with Crippen molar-refractivity contribution >= 4 is 23.3 Å². The number of hydrogen-bond donors (Lipinski definition) is 2. The van der Waals surface area contributed by atoms with Gasteiger partial charge in [-0.2, -0.15) is 0 Å². The lowest BCUT2D eigenvalue weighted by molar-refractivity contribution is -0.121. The molecule has 2 heterocycles. The smallest absolute Gasteiger partial charge is 0.262 e. The molecule has 25 heavy (non-hydrogen) atoms. The predicted octanol–water partition coefficient (Wildman–Crippen LogP) is 1.69. The first-order chi connectivity index (χ1) is 12.1. The van der Waals surface area contributed by atoms with E-state index in [9.17, 15) is 14.4 Å². The monoisotopic (exact) mass is 339 g/mol.